The highest BCUT2D eigenvalue weighted by atomic mass is 32.2. The van der Waals surface area contributed by atoms with Gasteiger partial charge in [-0.25, -0.2) is 4.79 Å². The summed E-state index contributed by atoms with van der Waals surface area (Å²) in [6.45, 7) is 3.05. The van der Waals surface area contributed by atoms with Crippen LogP contribution in [0.1, 0.15) is 19.8 Å². The van der Waals surface area contributed by atoms with Gasteiger partial charge in [-0.05, 0) is 17.7 Å². The van der Waals surface area contributed by atoms with Gasteiger partial charge in [-0.2, -0.15) is 0 Å². The van der Waals surface area contributed by atoms with Gasteiger partial charge in [0.1, 0.15) is 5.70 Å². The van der Waals surface area contributed by atoms with Crippen LogP contribution in [0.4, 0.5) is 0 Å². The predicted molar refractivity (Wildman–Crippen MR) is 76.0 cm³/mol. The Labute approximate surface area is 122 Å². The highest BCUT2D eigenvalue weighted by Crippen LogP contribution is 2.43. The predicted octanol–water partition coefficient (Wildman–Crippen LogP) is 0.632. The van der Waals surface area contributed by atoms with E-state index in [-0.39, 0.29) is 23.6 Å². The van der Waals surface area contributed by atoms with Gasteiger partial charge in [0.05, 0.1) is 18.6 Å². The molecule has 0 aromatic carbocycles. The zero-order valence-corrected chi connectivity index (χ0v) is 12.3. The van der Waals surface area contributed by atoms with Gasteiger partial charge in [0.15, 0.2) is 0 Å². The van der Waals surface area contributed by atoms with Crippen molar-refractivity contribution in [2.75, 3.05) is 24.8 Å². The van der Waals surface area contributed by atoms with Crippen molar-refractivity contribution in [3.05, 3.63) is 11.3 Å². The van der Waals surface area contributed by atoms with Crippen LogP contribution in [-0.4, -0.2) is 52.8 Å². The molecule has 2 aliphatic heterocycles. The average Bonchev–Trinajstić information content (AvgIpc) is 2.62. The molecule has 0 aromatic heterocycles. The fourth-order valence-electron chi connectivity index (χ4n) is 2.76. The molecular weight excluding hydrogens is 280 g/mol. The van der Waals surface area contributed by atoms with Crippen LogP contribution in [0.15, 0.2) is 11.3 Å². The third-order valence-electron chi connectivity index (χ3n) is 3.80. The molecule has 0 saturated carbocycles. The number of ether oxygens (including phenoxy) is 1. The highest BCUT2D eigenvalue weighted by molar-refractivity contribution is 7.99. The fraction of sp³-hybridized carbons (Fsp3) is 0.692. The lowest BCUT2D eigenvalue weighted by Gasteiger charge is -2.37. The summed E-state index contributed by atoms with van der Waals surface area (Å²) >= 11 is 1.61. The van der Waals surface area contributed by atoms with Crippen LogP contribution in [0.2, 0.25) is 0 Å². The van der Waals surface area contributed by atoms with Crippen molar-refractivity contribution in [2.45, 2.75) is 25.8 Å². The maximum Gasteiger partial charge on any atom is 0.352 e. The van der Waals surface area contributed by atoms with E-state index in [0.29, 0.717) is 31.9 Å². The van der Waals surface area contributed by atoms with Gasteiger partial charge in [-0.1, -0.05) is 6.92 Å². The number of hydrogen-bond donors (Lipinski definition) is 2. The van der Waals surface area contributed by atoms with Gasteiger partial charge in [0, 0.05) is 18.9 Å². The summed E-state index contributed by atoms with van der Waals surface area (Å²) in [5, 5.41) is 9.32. The number of thioether (sulfide) groups is 1. The summed E-state index contributed by atoms with van der Waals surface area (Å²) in [5.41, 5.74) is 6.42. The summed E-state index contributed by atoms with van der Waals surface area (Å²) in [6.07, 6.45) is 1.15. The minimum absolute atomic E-state index is 0.0575. The third-order valence-corrected chi connectivity index (χ3v) is 4.63. The Morgan fingerprint density at radius 3 is 2.95 bits per heavy atom. The zero-order valence-electron chi connectivity index (χ0n) is 11.5. The molecule has 20 heavy (non-hydrogen) atoms. The van der Waals surface area contributed by atoms with Crippen molar-refractivity contribution in [3.63, 3.8) is 0 Å². The molecule has 6 nitrogen and oxygen atoms in total. The second kappa shape index (κ2) is 6.60. The molecule has 2 aliphatic rings. The lowest BCUT2D eigenvalue weighted by atomic mass is 9.89. The van der Waals surface area contributed by atoms with Gasteiger partial charge in [-0.15, -0.1) is 11.8 Å². The minimum Gasteiger partial charge on any atom is -0.477 e. The molecule has 2 heterocycles. The van der Waals surface area contributed by atoms with Gasteiger partial charge in [0.2, 0.25) is 5.91 Å². The Kier molecular flexibility index (Phi) is 5.06. The first-order chi connectivity index (χ1) is 9.57. The van der Waals surface area contributed by atoms with E-state index in [1.807, 2.05) is 6.92 Å². The minimum atomic E-state index is -0.994. The number of carbonyl (C=O) groups excluding carboxylic acids is 1. The molecule has 0 aliphatic carbocycles. The number of nitrogens with zero attached hydrogens (tertiary/aromatic N) is 1. The number of aliphatic carboxylic acids is 1. The molecule has 2 rings (SSSR count). The Morgan fingerprint density at radius 1 is 1.60 bits per heavy atom. The number of β-lactam (4-membered cyclic amide) rings is 1. The van der Waals surface area contributed by atoms with E-state index in [4.69, 9.17) is 10.5 Å². The normalized spacial score (nSPS) is 24.9. The monoisotopic (exact) mass is 300 g/mol. The third kappa shape index (κ3) is 2.84. The first-order valence-corrected chi connectivity index (χ1v) is 7.87. The van der Waals surface area contributed by atoms with E-state index in [1.165, 1.54) is 4.90 Å². The van der Waals surface area contributed by atoms with Crippen molar-refractivity contribution in [1.29, 1.82) is 0 Å². The molecule has 2 unspecified atom stereocenters. The summed E-state index contributed by atoms with van der Waals surface area (Å²) in [4.78, 5) is 24.4. The molecule has 1 saturated heterocycles. The van der Waals surface area contributed by atoms with E-state index in [2.05, 4.69) is 0 Å². The van der Waals surface area contributed by atoms with Crippen molar-refractivity contribution >= 4 is 23.6 Å². The quantitative estimate of drug-likeness (QED) is 0.388. The first kappa shape index (κ1) is 15.3. The number of nitrogens with two attached hydrogens (primary N) is 1. The number of fused-ring (bicyclic) bond motifs is 1. The summed E-state index contributed by atoms with van der Waals surface area (Å²) in [7, 11) is 0. The van der Waals surface area contributed by atoms with Crippen LogP contribution >= 0.6 is 11.8 Å². The van der Waals surface area contributed by atoms with Gasteiger partial charge in [0.25, 0.3) is 0 Å². The van der Waals surface area contributed by atoms with Crippen molar-refractivity contribution in [3.8, 4) is 0 Å². The van der Waals surface area contributed by atoms with E-state index in [1.54, 1.807) is 11.8 Å². The van der Waals surface area contributed by atoms with Crippen LogP contribution in [0, 0.1) is 5.92 Å². The standard InChI is InChI=1S/C13H20N2O4S/c1-8-9(2-5-20-7-19-4-3-14)12(13(17)18)15-10(8)6-11(15)16/h8,10H,2-7,14H2,1H3,(H,17,18). The van der Waals surface area contributed by atoms with E-state index >= 15 is 0 Å². The van der Waals surface area contributed by atoms with Crippen LogP contribution in [0.25, 0.3) is 0 Å². The Morgan fingerprint density at radius 2 is 2.35 bits per heavy atom. The zero-order chi connectivity index (χ0) is 14.7. The smallest absolute Gasteiger partial charge is 0.352 e. The molecule has 112 valence electrons. The van der Waals surface area contributed by atoms with Crippen LogP contribution in [0.3, 0.4) is 0 Å². The average molecular weight is 300 g/mol. The lowest BCUT2D eigenvalue weighted by Crippen LogP contribution is -2.51. The molecule has 1 fully saturated rings. The molecule has 0 spiro atoms. The van der Waals surface area contributed by atoms with E-state index in [0.717, 1.165) is 11.3 Å². The van der Waals surface area contributed by atoms with Gasteiger partial charge >= 0.3 is 5.97 Å². The molecule has 2 atom stereocenters. The number of carboxylic acids is 1. The van der Waals surface area contributed by atoms with Crippen LogP contribution in [0.5, 0.6) is 0 Å². The summed E-state index contributed by atoms with van der Waals surface area (Å²) in [5.74, 6) is 0.424. The Balaban J connectivity index is 1.91. The summed E-state index contributed by atoms with van der Waals surface area (Å²) in [6, 6.07) is 0.0575. The highest BCUT2D eigenvalue weighted by Gasteiger charge is 2.51. The molecule has 3 N–H and O–H groups in total. The molecule has 0 bridgehead atoms. The first-order valence-electron chi connectivity index (χ1n) is 6.71. The van der Waals surface area contributed by atoms with Crippen molar-refractivity contribution in [1.82, 2.24) is 4.90 Å². The number of carbonyl (C=O) groups is 2. The van der Waals surface area contributed by atoms with Crippen molar-refractivity contribution in [2.24, 2.45) is 11.7 Å². The molecule has 7 heteroatoms. The van der Waals surface area contributed by atoms with E-state index < -0.39 is 5.97 Å². The Hall–Kier alpha value is -1.05. The molecule has 1 amide bonds. The number of rotatable bonds is 8. The number of carboxylic acid groups (broad SMARTS) is 1. The fourth-order valence-corrected chi connectivity index (χ4v) is 3.48. The SMILES string of the molecule is CC1C(CCSCOCCN)=C(C(=O)O)N2C(=O)CC12. The van der Waals surface area contributed by atoms with E-state index in [9.17, 15) is 14.7 Å². The topological polar surface area (TPSA) is 92.9 Å². The number of amides is 1. The van der Waals surface area contributed by atoms with Gasteiger partial charge < -0.3 is 20.5 Å². The van der Waals surface area contributed by atoms with Crippen LogP contribution in [-0.2, 0) is 14.3 Å². The molecule has 0 radical (unpaired) electrons. The summed E-state index contributed by atoms with van der Waals surface area (Å²) < 4.78 is 5.26. The Bertz CT molecular complexity index is 438. The molecule has 0 aromatic rings. The van der Waals surface area contributed by atoms with Crippen LogP contribution < -0.4 is 5.73 Å². The maximum absolute atomic E-state index is 11.6. The molecular formula is C13H20N2O4S. The maximum atomic E-state index is 11.6. The number of hydrogen-bond acceptors (Lipinski definition) is 5. The van der Waals surface area contributed by atoms with Gasteiger partial charge in [-0.3, -0.25) is 4.79 Å². The largest absolute Gasteiger partial charge is 0.477 e. The van der Waals surface area contributed by atoms with Crippen molar-refractivity contribution < 1.29 is 19.4 Å². The lowest BCUT2D eigenvalue weighted by molar-refractivity contribution is -0.148. The second-order valence-electron chi connectivity index (χ2n) is 4.98. The second-order valence-corrected chi connectivity index (χ2v) is 6.03.